The molecule has 1 aromatic heterocycles. The number of methoxy groups -OCH3 is 1. The Balaban J connectivity index is 1.46. The van der Waals surface area contributed by atoms with Crippen LogP contribution in [0.15, 0.2) is 36.5 Å². The number of fused-ring (bicyclic) bond motifs is 1. The Bertz CT molecular complexity index is 1420. The minimum absolute atomic E-state index is 0.00491. The number of piperidine rings is 1. The molecule has 2 aromatic carbocycles. The number of hydroxylamine groups is 1. The largest absolute Gasteiger partial charge is 0.497 e. The van der Waals surface area contributed by atoms with Gasteiger partial charge >= 0.3 is 0 Å². The zero-order valence-electron chi connectivity index (χ0n) is 21.8. The number of likely N-dealkylation sites (tertiary alicyclic amines) is 1. The first-order valence-electron chi connectivity index (χ1n) is 12.7. The number of rotatable bonds is 8. The molecular formula is C29H29F4N3O4. The second-order valence-corrected chi connectivity index (χ2v) is 9.82. The van der Waals surface area contributed by atoms with E-state index in [1.165, 1.54) is 13.3 Å². The highest BCUT2D eigenvalue weighted by atomic mass is 19.2. The molecule has 0 aliphatic carbocycles. The zero-order valence-corrected chi connectivity index (χ0v) is 21.8. The van der Waals surface area contributed by atoms with E-state index < -0.39 is 41.6 Å². The molecule has 1 atom stereocenters. The van der Waals surface area contributed by atoms with Crippen LogP contribution in [0.4, 0.5) is 17.6 Å². The van der Waals surface area contributed by atoms with Gasteiger partial charge < -0.3 is 9.84 Å². The number of nitrogens with one attached hydrogen (secondary N) is 1. The van der Waals surface area contributed by atoms with Crippen LogP contribution in [0.5, 0.6) is 5.75 Å². The van der Waals surface area contributed by atoms with E-state index in [2.05, 4.69) is 16.8 Å². The smallest absolute Gasteiger partial charge is 0.249 e. The van der Waals surface area contributed by atoms with Gasteiger partial charge in [-0.3, -0.25) is 19.9 Å². The van der Waals surface area contributed by atoms with Crippen molar-refractivity contribution >= 4 is 16.8 Å². The standard InChI is InChI=1S/C29H29F4N3O4/c1-40-20-4-5-24-21(15-20)26(19(16-30)17-34-24)25(37)6-7-29(28(38)35-39)8-11-36(12-9-29)10-2-3-18-13-22(31)27(33)23(32)14-18/h4-5,13-15,17,25,37,39H,6-12,16H2,1H3,(H,35,38)/t25-/m1/s1. The summed E-state index contributed by atoms with van der Waals surface area (Å²) in [6.07, 6.45) is 1.30. The maximum Gasteiger partial charge on any atom is 0.249 e. The van der Waals surface area contributed by atoms with E-state index in [-0.39, 0.29) is 30.5 Å². The van der Waals surface area contributed by atoms with E-state index in [4.69, 9.17) is 4.74 Å². The Hall–Kier alpha value is -3.72. The van der Waals surface area contributed by atoms with Crippen molar-refractivity contribution in [3.8, 4) is 17.6 Å². The first-order valence-corrected chi connectivity index (χ1v) is 12.7. The number of aromatic nitrogens is 1. The number of pyridine rings is 1. The lowest BCUT2D eigenvalue weighted by Gasteiger charge is -2.40. The summed E-state index contributed by atoms with van der Waals surface area (Å²) in [7, 11) is 1.50. The molecular weight excluding hydrogens is 530 g/mol. The third-order valence-electron chi connectivity index (χ3n) is 7.49. The Morgan fingerprint density at radius 1 is 1.20 bits per heavy atom. The van der Waals surface area contributed by atoms with Gasteiger partial charge in [0.15, 0.2) is 17.5 Å². The number of amides is 1. The van der Waals surface area contributed by atoms with Gasteiger partial charge in [-0.05, 0) is 61.6 Å². The summed E-state index contributed by atoms with van der Waals surface area (Å²) in [6, 6.07) is 6.76. The fraction of sp³-hybridized carbons (Fsp3) is 0.379. The summed E-state index contributed by atoms with van der Waals surface area (Å²) in [5.74, 6) is 1.18. The van der Waals surface area contributed by atoms with E-state index in [9.17, 15) is 32.7 Å². The van der Waals surface area contributed by atoms with Crippen molar-refractivity contribution in [2.75, 3.05) is 26.7 Å². The van der Waals surface area contributed by atoms with Crippen LogP contribution in [0.3, 0.4) is 0 Å². The summed E-state index contributed by atoms with van der Waals surface area (Å²) in [5.41, 5.74) is 1.95. The number of carbonyl (C=O) groups is 1. The van der Waals surface area contributed by atoms with Crippen molar-refractivity contribution < 1.29 is 37.4 Å². The maximum absolute atomic E-state index is 13.9. The van der Waals surface area contributed by atoms with Gasteiger partial charge in [-0.2, -0.15) is 0 Å². The molecule has 0 spiro atoms. The number of aliphatic hydroxyl groups is 1. The predicted octanol–water partition coefficient (Wildman–Crippen LogP) is 4.58. The summed E-state index contributed by atoms with van der Waals surface area (Å²) < 4.78 is 59.1. The molecule has 0 bridgehead atoms. The van der Waals surface area contributed by atoms with Gasteiger partial charge in [0, 0.05) is 35.8 Å². The van der Waals surface area contributed by atoms with Crippen molar-refractivity contribution in [2.24, 2.45) is 5.41 Å². The van der Waals surface area contributed by atoms with Crippen molar-refractivity contribution in [3.63, 3.8) is 0 Å². The highest BCUT2D eigenvalue weighted by molar-refractivity contribution is 5.85. The second-order valence-electron chi connectivity index (χ2n) is 9.82. The molecule has 3 N–H and O–H groups in total. The molecule has 0 unspecified atom stereocenters. The predicted molar refractivity (Wildman–Crippen MR) is 139 cm³/mol. The van der Waals surface area contributed by atoms with Gasteiger partial charge in [-0.1, -0.05) is 11.8 Å². The fourth-order valence-electron chi connectivity index (χ4n) is 5.15. The Kier molecular flexibility index (Phi) is 9.25. The number of nitrogens with zero attached hydrogens (tertiary/aromatic N) is 2. The highest BCUT2D eigenvalue weighted by Gasteiger charge is 2.41. The Labute approximate surface area is 228 Å². The van der Waals surface area contributed by atoms with Crippen LogP contribution >= 0.6 is 0 Å². The van der Waals surface area contributed by atoms with Gasteiger partial charge in [-0.25, -0.2) is 23.0 Å². The molecule has 1 saturated heterocycles. The molecule has 1 fully saturated rings. The van der Waals surface area contributed by atoms with Gasteiger partial charge in [-0.15, -0.1) is 0 Å². The minimum Gasteiger partial charge on any atom is -0.497 e. The molecule has 0 saturated carbocycles. The molecule has 3 aromatic rings. The molecule has 0 radical (unpaired) electrons. The van der Waals surface area contributed by atoms with Crippen molar-refractivity contribution in [1.82, 2.24) is 15.4 Å². The van der Waals surface area contributed by atoms with Gasteiger partial charge in [0.25, 0.3) is 0 Å². The first kappa shape index (κ1) is 29.3. The fourth-order valence-corrected chi connectivity index (χ4v) is 5.15. The number of hydrogen-bond acceptors (Lipinski definition) is 6. The third kappa shape index (κ3) is 6.20. The van der Waals surface area contributed by atoms with Crippen molar-refractivity contribution in [2.45, 2.75) is 38.5 Å². The molecule has 1 aliphatic rings. The molecule has 11 heteroatoms. The number of hydrogen-bond donors (Lipinski definition) is 3. The Morgan fingerprint density at radius 2 is 1.90 bits per heavy atom. The minimum atomic E-state index is -1.55. The molecule has 212 valence electrons. The molecule has 7 nitrogen and oxygen atoms in total. The second kappa shape index (κ2) is 12.6. The number of alkyl halides is 1. The average Bonchev–Trinajstić information content (AvgIpc) is 2.97. The SMILES string of the molecule is COc1ccc2ncc(CF)c([C@H](O)CCC3(C(=O)NO)CCN(CC#Cc4cc(F)c(F)c(F)c4)CC3)c2c1. The van der Waals surface area contributed by atoms with E-state index in [0.29, 0.717) is 48.1 Å². The summed E-state index contributed by atoms with van der Waals surface area (Å²) in [5, 5.41) is 21.2. The van der Waals surface area contributed by atoms with Crippen molar-refractivity contribution in [3.05, 3.63) is 70.7 Å². The summed E-state index contributed by atoms with van der Waals surface area (Å²) in [6.45, 7) is 0.262. The van der Waals surface area contributed by atoms with Crippen molar-refractivity contribution in [1.29, 1.82) is 0 Å². The van der Waals surface area contributed by atoms with E-state index in [1.807, 2.05) is 4.90 Å². The van der Waals surface area contributed by atoms with Gasteiger partial charge in [0.05, 0.1) is 30.7 Å². The van der Waals surface area contributed by atoms with Gasteiger partial charge in [0.2, 0.25) is 5.91 Å². The zero-order chi connectivity index (χ0) is 28.9. The summed E-state index contributed by atoms with van der Waals surface area (Å²) in [4.78, 5) is 19.0. The third-order valence-corrected chi connectivity index (χ3v) is 7.49. The lowest BCUT2D eigenvalue weighted by molar-refractivity contribution is -0.143. The lowest BCUT2D eigenvalue weighted by Crippen LogP contribution is -2.48. The first-order chi connectivity index (χ1) is 19.2. The number of halogens is 4. The quantitative estimate of drug-likeness (QED) is 0.123. The van der Waals surface area contributed by atoms with Crippen LogP contribution in [-0.2, 0) is 11.5 Å². The Morgan fingerprint density at radius 3 is 2.52 bits per heavy atom. The average molecular weight is 560 g/mol. The maximum atomic E-state index is 13.9. The van der Waals surface area contributed by atoms with E-state index in [1.54, 1.807) is 23.7 Å². The monoisotopic (exact) mass is 559 g/mol. The lowest BCUT2D eigenvalue weighted by atomic mass is 9.73. The topological polar surface area (TPSA) is 94.9 Å². The normalized spacial score (nSPS) is 15.8. The van der Waals surface area contributed by atoms with Crippen LogP contribution in [0.1, 0.15) is 48.5 Å². The van der Waals surface area contributed by atoms with E-state index in [0.717, 1.165) is 12.1 Å². The van der Waals surface area contributed by atoms with Gasteiger partial charge in [0.1, 0.15) is 12.4 Å². The molecule has 1 amide bonds. The van der Waals surface area contributed by atoms with Crippen LogP contribution in [0.25, 0.3) is 10.9 Å². The molecule has 40 heavy (non-hydrogen) atoms. The van der Waals surface area contributed by atoms with Crippen LogP contribution in [-0.4, -0.2) is 52.8 Å². The highest BCUT2D eigenvalue weighted by Crippen LogP contribution is 2.40. The number of carbonyl (C=O) groups excluding carboxylic acids is 1. The molecule has 2 heterocycles. The number of ether oxygens (including phenoxy) is 1. The molecule has 1 aliphatic heterocycles. The van der Waals surface area contributed by atoms with Crippen LogP contribution < -0.4 is 10.2 Å². The molecule has 4 rings (SSSR count). The van der Waals surface area contributed by atoms with Crippen LogP contribution in [0, 0.1) is 34.7 Å². The van der Waals surface area contributed by atoms with Crippen LogP contribution in [0.2, 0.25) is 0 Å². The van der Waals surface area contributed by atoms with E-state index >= 15 is 0 Å². The summed E-state index contributed by atoms with van der Waals surface area (Å²) >= 11 is 0. The number of benzene rings is 2. The number of aliphatic hydroxyl groups excluding tert-OH is 1.